The van der Waals surface area contributed by atoms with Gasteiger partial charge in [-0.1, -0.05) is 12.1 Å². The second kappa shape index (κ2) is 10.4. The number of ether oxygens (including phenoxy) is 4. The highest BCUT2D eigenvalue weighted by Crippen LogP contribution is 2.18. The molecule has 158 valence electrons. The molecule has 3 rings (SSSR count). The van der Waals surface area contributed by atoms with Crippen molar-refractivity contribution in [1.29, 1.82) is 0 Å². The predicted molar refractivity (Wildman–Crippen MR) is 107 cm³/mol. The lowest BCUT2D eigenvalue weighted by molar-refractivity contribution is -0.123. The van der Waals surface area contributed by atoms with Crippen molar-refractivity contribution < 1.29 is 33.3 Å². The Morgan fingerprint density at radius 1 is 1.10 bits per heavy atom. The molecule has 30 heavy (non-hydrogen) atoms. The summed E-state index contributed by atoms with van der Waals surface area (Å²) in [6.07, 6.45) is 2.12. The Hall–Kier alpha value is -3.39. The lowest BCUT2D eigenvalue weighted by atomic mass is 10.2. The van der Waals surface area contributed by atoms with Crippen LogP contribution >= 0.6 is 0 Å². The summed E-state index contributed by atoms with van der Waals surface area (Å²) in [6, 6.07) is 12.9. The smallest absolute Gasteiger partial charge is 0.338 e. The van der Waals surface area contributed by atoms with Crippen molar-refractivity contribution in [1.82, 2.24) is 5.32 Å². The molecule has 1 aliphatic rings. The van der Waals surface area contributed by atoms with Gasteiger partial charge in [-0.15, -0.1) is 0 Å². The lowest BCUT2D eigenvalue weighted by Gasteiger charge is -2.11. The van der Waals surface area contributed by atoms with E-state index >= 15 is 0 Å². The second-order valence-corrected chi connectivity index (χ2v) is 6.62. The number of imide groups is 1. The molecule has 0 aromatic heterocycles. The van der Waals surface area contributed by atoms with Gasteiger partial charge in [0.1, 0.15) is 18.1 Å². The highest BCUT2D eigenvalue weighted by molar-refractivity contribution is 6.07. The van der Waals surface area contributed by atoms with Crippen LogP contribution in [0.2, 0.25) is 0 Å². The van der Waals surface area contributed by atoms with Crippen LogP contribution < -0.4 is 14.8 Å². The van der Waals surface area contributed by atoms with E-state index in [2.05, 4.69) is 5.32 Å². The van der Waals surface area contributed by atoms with Crippen molar-refractivity contribution in [2.75, 3.05) is 26.9 Å². The van der Waals surface area contributed by atoms with Gasteiger partial charge in [-0.05, 0) is 49.2 Å². The molecular formula is C22H23NO7. The molecule has 0 spiro atoms. The minimum Gasteiger partial charge on any atom is -0.496 e. The van der Waals surface area contributed by atoms with Gasteiger partial charge in [-0.25, -0.2) is 4.79 Å². The predicted octanol–water partition coefficient (Wildman–Crippen LogP) is 2.37. The average molecular weight is 413 g/mol. The molecule has 1 N–H and O–H groups in total. The first-order valence-corrected chi connectivity index (χ1v) is 9.55. The summed E-state index contributed by atoms with van der Waals surface area (Å²) < 4.78 is 21.2. The number of benzene rings is 2. The zero-order valence-electron chi connectivity index (χ0n) is 16.6. The molecule has 1 atom stereocenters. The van der Waals surface area contributed by atoms with Crippen LogP contribution in [0.3, 0.4) is 0 Å². The summed E-state index contributed by atoms with van der Waals surface area (Å²) in [4.78, 5) is 36.2. The van der Waals surface area contributed by atoms with Gasteiger partial charge < -0.3 is 18.9 Å². The summed E-state index contributed by atoms with van der Waals surface area (Å²) in [7, 11) is 1.43. The van der Waals surface area contributed by atoms with Gasteiger partial charge in [0.25, 0.3) is 11.8 Å². The summed E-state index contributed by atoms with van der Waals surface area (Å²) in [5.41, 5.74) is 0.474. The largest absolute Gasteiger partial charge is 0.496 e. The van der Waals surface area contributed by atoms with Crippen LogP contribution in [0.5, 0.6) is 11.5 Å². The van der Waals surface area contributed by atoms with Crippen LogP contribution in [-0.4, -0.2) is 50.8 Å². The number of rotatable bonds is 8. The van der Waals surface area contributed by atoms with Gasteiger partial charge >= 0.3 is 5.97 Å². The van der Waals surface area contributed by atoms with Crippen molar-refractivity contribution in [2.45, 2.75) is 18.9 Å². The normalized spacial score (nSPS) is 15.3. The molecule has 0 saturated carbocycles. The molecule has 0 radical (unpaired) electrons. The minimum atomic E-state index is -0.740. The first-order valence-electron chi connectivity index (χ1n) is 9.55. The van der Waals surface area contributed by atoms with Crippen LogP contribution in [0.4, 0.5) is 0 Å². The van der Waals surface area contributed by atoms with Crippen LogP contribution in [0.25, 0.3) is 0 Å². The number of hydrogen-bond acceptors (Lipinski definition) is 7. The van der Waals surface area contributed by atoms with E-state index in [9.17, 15) is 14.4 Å². The fourth-order valence-electron chi connectivity index (χ4n) is 2.93. The second-order valence-electron chi connectivity index (χ2n) is 6.62. The molecule has 1 aliphatic heterocycles. The molecule has 0 bridgehead atoms. The summed E-state index contributed by atoms with van der Waals surface area (Å²) >= 11 is 0. The maximum Gasteiger partial charge on any atom is 0.338 e. The third kappa shape index (κ3) is 5.81. The number of hydrogen-bond donors (Lipinski definition) is 1. The van der Waals surface area contributed by atoms with Gasteiger partial charge in [0.15, 0.2) is 6.61 Å². The molecule has 2 aromatic rings. The maximum atomic E-state index is 12.2. The molecule has 1 fully saturated rings. The Balaban J connectivity index is 1.45. The van der Waals surface area contributed by atoms with Gasteiger partial charge in [0.05, 0.1) is 24.3 Å². The van der Waals surface area contributed by atoms with E-state index in [4.69, 9.17) is 18.9 Å². The van der Waals surface area contributed by atoms with Crippen molar-refractivity contribution >= 4 is 17.8 Å². The maximum absolute atomic E-state index is 12.2. The minimum absolute atomic E-state index is 0.103. The van der Waals surface area contributed by atoms with Crippen molar-refractivity contribution in [3.8, 4) is 11.5 Å². The van der Waals surface area contributed by atoms with Gasteiger partial charge in [-0.2, -0.15) is 0 Å². The highest BCUT2D eigenvalue weighted by Gasteiger charge is 2.18. The van der Waals surface area contributed by atoms with E-state index in [0.717, 1.165) is 19.4 Å². The van der Waals surface area contributed by atoms with Crippen LogP contribution in [0.15, 0.2) is 48.5 Å². The van der Waals surface area contributed by atoms with Gasteiger partial charge in [0.2, 0.25) is 0 Å². The van der Waals surface area contributed by atoms with E-state index < -0.39 is 24.4 Å². The fourth-order valence-corrected chi connectivity index (χ4v) is 2.93. The zero-order valence-corrected chi connectivity index (χ0v) is 16.6. The molecular weight excluding hydrogens is 390 g/mol. The van der Waals surface area contributed by atoms with E-state index in [1.807, 2.05) is 0 Å². The Labute approximate surface area is 174 Å². The number of amides is 2. The monoisotopic (exact) mass is 413 g/mol. The molecule has 2 aromatic carbocycles. The van der Waals surface area contributed by atoms with E-state index in [1.54, 1.807) is 42.5 Å². The zero-order chi connectivity index (χ0) is 21.3. The molecule has 1 saturated heterocycles. The SMILES string of the molecule is COc1ccccc1C(=O)NC(=O)COC(=O)c1ccc(OC[C@@H]2CCCO2)cc1. The number of para-hydroxylation sites is 1. The van der Waals surface area contributed by atoms with Crippen LogP contribution in [-0.2, 0) is 14.3 Å². The van der Waals surface area contributed by atoms with E-state index in [-0.39, 0.29) is 17.2 Å². The van der Waals surface area contributed by atoms with Crippen LogP contribution in [0, 0.1) is 0 Å². The Bertz CT molecular complexity index is 889. The summed E-state index contributed by atoms with van der Waals surface area (Å²) in [5.74, 6) is -1.11. The highest BCUT2D eigenvalue weighted by atomic mass is 16.5. The average Bonchev–Trinajstić information content (AvgIpc) is 3.30. The lowest BCUT2D eigenvalue weighted by Crippen LogP contribution is -2.34. The number of nitrogens with one attached hydrogen (secondary N) is 1. The quantitative estimate of drug-likeness (QED) is 0.663. The topological polar surface area (TPSA) is 100 Å². The van der Waals surface area contributed by atoms with Gasteiger partial charge in [-0.3, -0.25) is 14.9 Å². The number of esters is 1. The number of carbonyl (C=O) groups is 3. The van der Waals surface area contributed by atoms with Crippen LogP contribution in [0.1, 0.15) is 33.6 Å². The van der Waals surface area contributed by atoms with E-state index in [1.165, 1.54) is 13.2 Å². The van der Waals surface area contributed by atoms with E-state index in [0.29, 0.717) is 18.1 Å². The molecule has 0 aliphatic carbocycles. The van der Waals surface area contributed by atoms with Crippen molar-refractivity contribution in [3.63, 3.8) is 0 Å². The van der Waals surface area contributed by atoms with Crippen molar-refractivity contribution in [3.05, 3.63) is 59.7 Å². The first kappa shape index (κ1) is 21.3. The molecule has 8 heteroatoms. The molecule has 8 nitrogen and oxygen atoms in total. The van der Waals surface area contributed by atoms with Gasteiger partial charge in [0, 0.05) is 6.61 Å². The Morgan fingerprint density at radius 2 is 1.87 bits per heavy atom. The third-order valence-corrected chi connectivity index (χ3v) is 4.49. The molecule has 1 heterocycles. The number of carbonyl (C=O) groups excluding carboxylic acids is 3. The Morgan fingerprint density at radius 3 is 2.57 bits per heavy atom. The van der Waals surface area contributed by atoms with Crippen molar-refractivity contribution in [2.24, 2.45) is 0 Å². The Kier molecular flexibility index (Phi) is 7.40. The number of methoxy groups -OCH3 is 1. The molecule has 2 amide bonds. The molecule has 0 unspecified atom stereocenters. The fraction of sp³-hybridized carbons (Fsp3) is 0.318. The summed E-state index contributed by atoms with van der Waals surface area (Å²) in [6.45, 7) is 0.637. The first-order chi connectivity index (χ1) is 14.6. The standard InChI is InChI=1S/C22H23NO7/c1-27-19-7-3-2-6-18(19)21(25)23-20(24)14-30-22(26)15-8-10-16(11-9-15)29-13-17-5-4-12-28-17/h2-3,6-11,17H,4-5,12-14H2,1H3,(H,23,24,25)/t17-/m0/s1. The third-order valence-electron chi connectivity index (χ3n) is 4.49. The summed E-state index contributed by atoms with van der Waals surface area (Å²) in [5, 5.41) is 2.16.